The molecule has 2 rings (SSSR count). The third-order valence-electron chi connectivity index (χ3n) is 3.05. The second-order valence-electron chi connectivity index (χ2n) is 4.51. The van der Waals surface area contributed by atoms with Crippen LogP contribution < -0.4 is 5.32 Å². The lowest BCUT2D eigenvalue weighted by Gasteiger charge is -2.11. The van der Waals surface area contributed by atoms with Gasteiger partial charge in [-0.3, -0.25) is 4.79 Å². The molecule has 1 atom stereocenters. The summed E-state index contributed by atoms with van der Waals surface area (Å²) >= 11 is 5.82. The third-order valence-corrected chi connectivity index (χ3v) is 3.28. The van der Waals surface area contributed by atoms with E-state index in [2.05, 4.69) is 11.4 Å². The molecule has 1 aliphatic carbocycles. The maximum Gasteiger partial charge on any atom is 0.337 e. The SMILES string of the molecule is O=C(CC1C=CCC1)Nc1cc(Cl)ccc1C(=O)O. The van der Waals surface area contributed by atoms with Gasteiger partial charge in [0.2, 0.25) is 5.91 Å². The molecule has 1 aromatic rings. The number of allylic oxidation sites excluding steroid dienone is 2. The van der Waals surface area contributed by atoms with E-state index in [1.807, 2.05) is 6.08 Å². The molecule has 4 nitrogen and oxygen atoms in total. The van der Waals surface area contributed by atoms with Crippen molar-refractivity contribution in [3.05, 3.63) is 40.9 Å². The van der Waals surface area contributed by atoms with Crippen molar-refractivity contribution < 1.29 is 14.7 Å². The molecular weight excluding hydrogens is 266 g/mol. The molecule has 19 heavy (non-hydrogen) atoms. The Labute approximate surface area is 116 Å². The van der Waals surface area contributed by atoms with Crippen LogP contribution in [0.15, 0.2) is 30.4 Å². The topological polar surface area (TPSA) is 66.4 Å². The van der Waals surface area contributed by atoms with Crippen LogP contribution >= 0.6 is 11.6 Å². The summed E-state index contributed by atoms with van der Waals surface area (Å²) in [6, 6.07) is 4.32. The van der Waals surface area contributed by atoms with Crippen LogP contribution in [0.4, 0.5) is 5.69 Å². The van der Waals surface area contributed by atoms with E-state index in [4.69, 9.17) is 16.7 Å². The van der Waals surface area contributed by atoms with Gasteiger partial charge in [0.25, 0.3) is 0 Å². The van der Waals surface area contributed by atoms with Crippen molar-refractivity contribution in [1.29, 1.82) is 0 Å². The third kappa shape index (κ3) is 3.58. The van der Waals surface area contributed by atoms with E-state index in [0.29, 0.717) is 11.4 Å². The number of hydrogen-bond donors (Lipinski definition) is 2. The number of carboxylic acids is 1. The fraction of sp³-hybridized carbons (Fsp3) is 0.286. The van der Waals surface area contributed by atoms with Gasteiger partial charge in [0.15, 0.2) is 0 Å². The van der Waals surface area contributed by atoms with Gasteiger partial charge < -0.3 is 10.4 Å². The van der Waals surface area contributed by atoms with E-state index < -0.39 is 5.97 Å². The molecule has 0 fully saturated rings. The highest BCUT2D eigenvalue weighted by molar-refractivity contribution is 6.31. The Morgan fingerprint density at radius 1 is 1.42 bits per heavy atom. The van der Waals surface area contributed by atoms with Crippen molar-refractivity contribution in [1.82, 2.24) is 0 Å². The van der Waals surface area contributed by atoms with Crippen LogP contribution in [-0.4, -0.2) is 17.0 Å². The minimum atomic E-state index is -1.09. The number of anilines is 1. The highest BCUT2D eigenvalue weighted by Crippen LogP contribution is 2.24. The molecule has 0 aromatic heterocycles. The van der Waals surface area contributed by atoms with Crippen molar-refractivity contribution in [3.63, 3.8) is 0 Å². The fourth-order valence-corrected chi connectivity index (χ4v) is 2.28. The summed E-state index contributed by atoms with van der Waals surface area (Å²) in [5.41, 5.74) is 0.284. The maximum atomic E-state index is 11.9. The first-order valence-electron chi connectivity index (χ1n) is 6.05. The van der Waals surface area contributed by atoms with Crippen LogP contribution in [0.1, 0.15) is 29.6 Å². The summed E-state index contributed by atoms with van der Waals surface area (Å²) in [4.78, 5) is 22.9. The summed E-state index contributed by atoms with van der Waals surface area (Å²) < 4.78 is 0. The van der Waals surface area contributed by atoms with Gasteiger partial charge in [0.1, 0.15) is 0 Å². The molecule has 1 unspecified atom stereocenters. The van der Waals surface area contributed by atoms with E-state index >= 15 is 0 Å². The number of benzene rings is 1. The zero-order chi connectivity index (χ0) is 13.8. The van der Waals surface area contributed by atoms with Gasteiger partial charge in [0.05, 0.1) is 11.3 Å². The van der Waals surface area contributed by atoms with Gasteiger partial charge in [-0.2, -0.15) is 0 Å². The highest BCUT2D eigenvalue weighted by Gasteiger charge is 2.17. The Morgan fingerprint density at radius 3 is 2.84 bits per heavy atom. The van der Waals surface area contributed by atoms with Crippen LogP contribution in [0.5, 0.6) is 0 Å². The predicted molar refractivity (Wildman–Crippen MR) is 73.5 cm³/mol. The lowest BCUT2D eigenvalue weighted by molar-refractivity contribution is -0.116. The molecule has 0 saturated heterocycles. The molecule has 0 aliphatic heterocycles. The average molecular weight is 280 g/mol. The number of rotatable bonds is 4. The van der Waals surface area contributed by atoms with E-state index in [0.717, 1.165) is 12.8 Å². The largest absolute Gasteiger partial charge is 0.478 e. The summed E-state index contributed by atoms with van der Waals surface area (Å²) in [5.74, 6) is -1.04. The van der Waals surface area contributed by atoms with Crippen molar-refractivity contribution in [2.75, 3.05) is 5.32 Å². The number of nitrogens with one attached hydrogen (secondary N) is 1. The van der Waals surface area contributed by atoms with Crippen molar-refractivity contribution >= 4 is 29.2 Å². The predicted octanol–water partition coefficient (Wildman–Crippen LogP) is 3.33. The normalized spacial score (nSPS) is 17.4. The number of amides is 1. The zero-order valence-corrected chi connectivity index (χ0v) is 11.0. The number of carbonyl (C=O) groups is 2. The quantitative estimate of drug-likeness (QED) is 0.831. The molecule has 0 spiro atoms. The molecule has 0 heterocycles. The van der Waals surface area contributed by atoms with Crippen LogP contribution in [0.3, 0.4) is 0 Å². The monoisotopic (exact) mass is 279 g/mol. The number of carbonyl (C=O) groups excluding carboxylic acids is 1. The second kappa shape index (κ2) is 5.89. The molecule has 1 aliphatic rings. The zero-order valence-electron chi connectivity index (χ0n) is 10.2. The maximum absolute atomic E-state index is 11.9. The molecule has 2 N–H and O–H groups in total. The Hall–Kier alpha value is -1.81. The van der Waals surface area contributed by atoms with Crippen molar-refractivity contribution in [2.45, 2.75) is 19.3 Å². The first-order valence-corrected chi connectivity index (χ1v) is 6.43. The second-order valence-corrected chi connectivity index (χ2v) is 4.95. The van der Waals surface area contributed by atoms with Gasteiger partial charge in [0, 0.05) is 11.4 Å². The average Bonchev–Trinajstić information content (AvgIpc) is 2.81. The summed E-state index contributed by atoms with van der Waals surface area (Å²) in [7, 11) is 0. The Balaban J connectivity index is 2.08. The first kappa shape index (κ1) is 13.6. The number of carboxylic acid groups (broad SMARTS) is 1. The standard InChI is InChI=1S/C14H14ClNO3/c15-10-5-6-11(14(18)19)12(8-10)16-13(17)7-9-3-1-2-4-9/h1,3,5-6,8-9H,2,4,7H2,(H,16,17)(H,18,19). The number of hydrogen-bond acceptors (Lipinski definition) is 2. The molecule has 0 radical (unpaired) electrons. The Bertz CT molecular complexity index is 539. The fourth-order valence-electron chi connectivity index (χ4n) is 2.11. The van der Waals surface area contributed by atoms with Gasteiger partial charge in [-0.1, -0.05) is 23.8 Å². The van der Waals surface area contributed by atoms with Crippen LogP contribution in [0, 0.1) is 5.92 Å². The number of halogens is 1. The molecule has 5 heteroatoms. The minimum absolute atomic E-state index is 0.0414. The summed E-state index contributed by atoms with van der Waals surface area (Å²) in [6.45, 7) is 0. The molecular formula is C14H14ClNO3. The van der Waals surface area contributed by atoms with Gasteiger partial charge >= 0.3 is 5.97 Å². The van der Waals surface area contributed by atoms with Crippen molar-refractivity contribution in [3.8, 4) is 0 Å². The van der Waals surface area contributed by atoms with Gasteiger partial charge in [-0.15, -0.1) is 0 Å². The molecule has 100 valence electrons. The lowest BCUT2D eigenvalue weighted by Crippen LogP contribution is -2.17. The van der Waals surface area contributed by atoms with E-state index in [9.17, 15) is 9.59 Å². The minimum Gasteiger partial charge on any atom is -0.478 e. The smallest absolute Gasteiger partial charge is 0.337 e. The van der Waals surface area contributed by atoms with Gasteiger partial charge in [-0.05, 0) is 37.0 Å². The molecule has 1 aromatic carbocycles. The van der Waals surface area contributed by atoms with E-state index in [-0.39, 0.29) is 23.1 Å². The first-order chi connectivity index (χ1) is 9.06. The molecule has 0 saturated carbocycles. The summed E-state index contributed by atoms with van der Waals surface area (Å²) in [6.07, 6.45) is 6.40. The van der Waals surface area contributed by atoms with Crippen LogP contribution in [-0.2, 0) is 4.79 Å². The van der Waals surface area contributed by atoms with E-state index in [1.54, 1.807) is 0 Å². The highest BCUT2D eigenvalue weighted by atomic mass is 35.5. The van der Waals surface area contributed by atoms with Crippen molar-refractivity contribution in [2.24, 2.45) is 5.92 Å². The lowest BCUT2D eigenvalue weighted by atomic mass is 10.0. The molecule has 1 amide bonds. The summed E-state index contributed by atoms with van der Waals surface area (Å²) in [5, 5.41) is 12.1. The Kier molecular flexibility index (Phi) is 4.22. The molecule has 0 bridgehead atoms. The number of aromatic carboxylic acids is 1. The van der Waals surface area contributed by atoms with Crippen LogP contribution in [0.25, 0.3) is 0 Å². The van der Waals surface area contributed by atoms with E-state index in [1.165, 1.54) is 18.2 Å². The van der Waals surface area contributed by atoms with Gasteiger partial charge in [-0.25, -0.2) is 4.79 Å². The van der Waals surface area contributed by atoms with Crippen LogP contribution in [0.2, 0.25) is 5.02 Å². The Morgan fingerprint density at radius 2 is 2.21 bits per heavy atom.